The van der Waals surface area contributed by atoms with Gasteiger partial charge in [-0.1, -0.05) is 0 Å². The van der Waals surface area contributed by atoms with Crippen molar-refractivity contribution in [2.75, 3.05) is 5.32 Å². The van der Waals surface area contributed by atoms with Crippen molar-refractivity contribution < 1.29 is 4.79 Å². The highest BCUT2D eigenvalue weighted by molar-refractivity contribution is 9.10. The number of halogens is 1. The third-order valence-corrected chi connectivity index (χ3v) is 3.14. The quantitative estimate of drug-likeness (QED) is 0.785. The van der Waals surface area contributed by atoms with Crippen LogP contribution in [0.3, 0.4) is 0 Å². The number of hydrogen-bond acceptors (Lipinski definition) is 4. The van der Waals surface area contributed by atoms with E-state index in [1.807, 2.05) is 19.2 Å². The molecule has 0 bridgehead atoms. The number of fused-ring (bicyclic) bond motifs is 1. The number of aryl methyl sites for hydroxylation is 1. The molecule has 0 aliphatic rings. The van der Waals surface area contributed by atoms with Crippen LogP contribution in [0.25, 0.3) is 5.65 Å². The van der Waals surface area contributed by atoms with Crippen LogP contribution in [0.15, 0.2) is 35.2 Å². The minimum atomic E-state index is -0.173. The fourth-order valence-corrected chi connectivity index (χ4v) is 2.15. The maximum absolute atomic E-state index is 11.9. The number of carbonyl (C=O) groups is 1. The fourth-order valence-electron chi connectivity index (χ4n) is 1.83. The first-order valence-electron chi connectivity index (χ1n) is 5.89. The molecule has 1 amide bonds. The number of pyridine rings is 1. The van der Waals surface area contributed by atoms with E-state index in [4.69, 9.17) is 0 Å². The second-order valence-corrected chi connectivity index (χ2v) is 5.25. The van der Waals surface area contributed by atoms with Crippen molar-refractivity contribution in [1.82, 2.24) is 24.4 Å². The molecule has 0 saturated heterocycles. The lowest BCUT2D eigenvalue weighted by Gasteiger charge is -1.97. The molecule has 1 N–H and O–H groups in total. The molecule has 0 aliphatic carbocycles. The van der Waals surface area contributed by atoms with Crippen LogP contribution in [0.1, 0.15) is 5.56 Å². The molecule has 7 nitrogen and oxygen atoms in total. The SMILES string of the molecule is Cn1cc(CC(=O)Nc2nc3ccc(Br)cn3n2)cn1. The van der Waals surface area contributed by atoms with E-state index in [0.29, 0.717) is 5.65 Å². The van der Waals surface area contributed by atoms with E-state index < -0.39 is 0 Å². The predicted molar refractivity (Wildman–Crippen MR) is 76.2 cm³/mol. The van der Waals surface area contributed by atoms with Crippen LogP contribution in [0.4, 0.5) is 5.95 Å². The minimum Gasteiger partial charge on any atom is -0.293 e. The molecular weight excluding hydrogens is 324 g/mol. The predicted octanol–water partition coefficient (Wildman–Crippen LogP) is 1.41. The van der Waals surface area contributed by atoms with Crippen LogP contribution in [-0.2, 0) is 18.3 Å². The standard InChI is InChI=1S/C12H11BrN6O/c1-18-6-8(5-14-18)4-11(20)16-12-15-10-3-2-9(13)7-19(10)17-12/h2-3,5-7H,4H2,1H3,(H,16,17,20). The van der Waals surface area contributed by atoms with Crippen LogP contribution in [0, 0.1) is 0 Å². The first kappa shape index (κ1) is 12.8. The molecule has 0 saturated carbocycles. The summed E-state index contributed by atoms with van der Waals surface area (Å²) in [4.78, 5) is 16.1. The van der Waals surface area contributed by atoms with Gasteiger partial charge in [-0.15, -0.1) is 5.10 Å². The van der Waals surface area contributed by atoms with Gasteiger partial charge < -0.3 is 0 Å². The topological polar surface area (TPSA) is 77.1 Å². The van der Waals surface area contributed by atoms with Crippen LogP contribution in [0.2, 0.25) is 0 Å². The normalized spacial score (nSPS) is 10.9. The molecule has 3 rings (SSSR count). The highest BCUT2D eigenvalue weighted by Crippen LogP contribution is 2.12. The molecule has 3 heterocycles. The molecule has 3 aromatic rings. The van der Waals surface area contributed by atoms with E-state index in [1.165, 1.54) is 0 Å². The Kier molecular flexibility index (Phi) is 3.23. The van der Waals surface area contributed by atoms with Crippen molar-refractivity contribution in [2.45, 2.75) is 6.42 Å². The van der Waals surface area contributed by atoms with Crippen LogP contribution in [-0.4, -0.2) is 30.3 Å². The molecule has 0 unspecified atom stereocenters. The second kappa shape index (κ2) is 5.04. The van der Waals surface area contributed by atoms with E-state index in [9.17, 15) is 4.79 Å². The third kappa shape index (κ3) is 2.69. The minimum absolute atomic E-state index is 0.173. The lowest BCUT2D eigenvalue weighted by molar-refractivity contribution is -0.115. The smallest absolute Gasteiger partial charge is 0.249 e. The largest absolute Gasteiger partial charge is 0.293 e. The zero-order valence-corrected chi connectivity index (χ0v) is 12.2. The first-order chi connectivity index (χ1) is 9.60. The van der Waals surface area contributed by atoms with Gasteiger partial charge in [0.05, 0.1) is 12.6 Å². The number of aromatic nitrogens is 5. The van der Waals surface area contributed by atoms with Crippen molar-refractivity contribution in [3.63, 3.8) is 0 Å². The lowest BCUT2D eigenvalue weighted by Crippen LogP contribution is -2.15. The zero-order chi connectivity index (χ0) is 14.1. The summed E-state index contributed by atoms with van der Waals surface area (Å²) in [6.07, 6.45) is 5.48. The van der Waals surface area contributed by atoms with Gasteiger partial charge in [0.1, 0.15) is 0 Å². The van der Waals surface area contributed by atoms with Crippen molar-refractivity contribution >= 4 is 33.4 Å². The maximum atomic E-state index is 11.9. The highest BCUT2D eigenvalue weighted by atomic mass is 79.9. The Labute approximate surface area is 122 Å². The Bertz CT molecular complexity index is 777. The van der Waals surface area contributed by atoms with Crippen LogP contribution < -0.4 is 5.32 Å². The van der Waals surface area contributed by atoms with Gasteiger partial charge in [-0.3, -0.25) is 14.8 Å². The van der Waals surface area contributed by atoms with Crippen molar-refractivity contribution in [3.05, 3.63) is 40.8 Å². The van der Waals surface area contributed by atoms with Gasteiger partial charge in [-0.25, -0.2) is 4.52 Å². The summed E-state index contributed by atoms with van der Waals surface area (Å²) in [6, 6.07) is 3.68. The summed E-state index contributed by atoms with van der Waals surface area (Å²) in [5.74, 6) is 0.116. The molecule has 0 spiro atoms. The van der Waals surface area contributed by atoms with Gasteiger partial charge in [0.15, 0.2) is 5.65 Å². The Balaban J connectivity index is 1.73. The van der Waals surface area contributed by atoms with E-state index in [1.54, 1.807) is 27.8 Å². The molecule has 0 fully saturated rings. The number of nitrogens with one attached hydrogen (secondary N) is 1. The number of rotatable bonds is 3. The number of carbonyl (C=O) groups excluding carboxylic acids is 1. The molecule has 3 aromatic heterocycles. The Morgan fingerprint density at radius 3 is 3.00 bits per heavy atom. The van der Waals surface area contributed by atoms with Crippen LogP contribution >= 0.6 is 15.9 Å². The third-order valence-electron chi connectivity index (χ3n) is 2.67. The summed E-state index contributed by atoms with van der Waals surface area (Å²) < 4.78 is 4.15. The summed E-state index contributed by atoms with van der Waals surface area (Å²) in [6.45, 7) is 0. The Morgan fingerprint density at radius 2 is 2.25 bits per heavy atom. The number of nitrogens with zero attached hydrogens (tertiary/aromatic N) is 5. The highest BCUT2D eigenvalue weighted by Gasteiger charge is 2.09. The fraction of sp³-hybridized carbons (Fsp3) is 0.167. The summed E-state index contributed by atoms with van der Waals surface area (Å²) in [5.41, 5.74) is 1.52. The summed E-state index contributed by atoms with van der Waals surface area (Å²) >= 11 is 3.35. The Hall–Kier alpha value is -2.22. The van der Waals surface area contributed by atoms with Crippen LogP contribution in [0.5, 0.6) is 0 Å². The van der Waals surface area contributed by atoms with E-state index in [-0.39, 0.29) is 18.3 Å². The monoisotopic (exact) mass is 334 g/mol. The van der Waals surface area contributed by atoms with Gasteiger partial charge in [0.2, 0.25) is 11.9 Å². The maximum Gasteiger partial charge on any atom is 0.249 e. The molecule has 0 atom stereocenters. The van der Waals surface area contributed by atoms with E-state index in [2.05, 4.69) is 36.4 Å². The summed E-state index contributed by atoms with van der Waals surface area (Å²) in [5, 5.41) is 10.9. The van der Waals surface area contributed by atoms with Crippen molar-refractivity contribution in [2.24, 2.45) is 7.05 Å². The van der Waals surface area contributed by atoms with Gasteiger partial charge >= 0.3 is 0 Å². The number of hydrogen-bond donors (Lipinski definition) is 1. The summed E-state index contributed by atoms with van der Waals surface area (Å²) in [7, 11) is 1.81. The molecule has 0 aliphatic heterocycles. The average molecular weight is 335 g/mol. The van der Waals surface area contributed by atoms with Gasteiger partial charge in [-0.2, -0.15) is 10.1 Å². The van der Waals surface area contributed by atoms with Gasteiger partial charge in [-0.05, 0) is 33.6 Å². The van der Waals surface area contributed by atoms with E-state index >= 15 is 0 Å². The molecule has 0 aromatic carbocycles. The first-order valence-corrected chi connectivity index (χ1v) is 6.69. The van der Waals surface area contributed by atoms with Gasteiger partial charge in [0, 0.05) is 23.9 Å². The average Bonchev–Trinajstić information content (AvgIpc) is 2.94. The van der Waals surface area contributed by atoms with Gasteiger partial charge in [0.25, 0.3) is 0 Å². The zero-order valence-electron chi connectivity index (χ0n) is 10.6. The van der Waals surface area contributed by atoms with E-state index in [0.717, 1.165) is 10.0 Å². The second-order valence-electron chi connectivity index (χ2n) is 4.33. The lowest BCUT2D eigenvalue weighted by atomic mass is 10.2. The van der Waals surface area contributed by atoms with Crippen molar-refractivity contribution in [3.8, 4) is 0 Å². The molecular formula is C12H11BrN6O. The van der Waals surface area contributed by atoms with Crippen molar-refractivity contribution in [1.29, 1.82) is 0 Å². The molecule has 0 radical (unpaired) electrons. The molecule has 20 heavy (non-hydrogen) atoms. The Morgan fingerprint density at radius 1 is 1.40 bits per heavy atom. The molecule has 8 heteroatoms. The number of amides is 1. The number of anilines is 1. The molecule has 102 valence electrons.